The summed E-state index contributed by atoms with van der Waals surface area (Å²) in [6, 6.07) is 9.13. The molecule has 2 heterocycles. The van der Waals surface area contributed by atoms with Crippen molar-refractivity contribution in [2.45, 2.75) is 31.9 Å². The highest BCUT2D eigenvalue weighted by atomic mass is 19.1. The van der Waals surface area contributed by atoms with E-state index in [9.17, 15) is 23.5 Å². The predicted octanol–water partition coefficient (Wildman–Crippen LogP) is 3.50. The summed E-state index contributed by atoms with van der Waals surface area (Å²) < 4.78 is 32.2. The summed E-state index contributed by atoms with van der Waals surface area (Å²) in [7, 11) is 0. The van der Waals surface area contributed by atoms with Crippen molar-refractivity contribution in [3.63, 3.8) is 0 Å². The van der Waals surface area contributed by atoms with Gasteiger partial charge in [0, 0.05) is 42.8 Å². The van der Waals surface area contributed by atoms with Crippen LogP contribution in [-0.4, -0.2) is 41.2 Å². The maximum atomic E-state index is 13.4. The molecule has 188 valence electrons. The normalized spacial score (nSPS) is 14.8. The number of rotatable bonds is 6. The molecule has 1 aliphatic rings. The van der Waals surface area contributed by atoms with Gasteiger partial charge in [0.15, 0.2) is 6.10 Å². The molecule has 10 heteroatoms. The fraction of sp³-hybridized carbons (Fsp3) is 0.269. The van der Waals surface area contributed by atoms with E-state index >= 15 is 0 Å². The van der Waals surface area contributed by atoms with E-state index in [0.717, 1.165) is 36.1 Å². The maximum Gasteiger partial charge on any atom is 0.257 e. The number of carbonyl (C=O) groups excluding carboxylic acids is 2. The molecule has 0 aliphatic carbocycles. The van der Waals surface area contributed by atoms with Crippen molar-refractivity contribution in [3.05, 3.63) is 77.0 Å². The van der Waals surface area contributed by atoms with Crippen LogP contribution in [0.3, 0.4) is 0 Å². The fourth-order valence-electron chi connectivity index (χ4n) is 4.07. The minimum absolute atomic E-state index is 0.0122. The molecule has 1 aromatic heterocycles. The molecule has 2 amide bonds. The van der Waals surface area contributed by atoms with E-state index in [0.29, 0.717) is 30.5 Å². The van der Waals surface area contributed by atoms with Gasteiger partial charge in [-0.25, -0.2) is 13.8 Å². The number of pyridine rings is 1. The van der Waals surface area contributed by atoms with E-state index in [1.807, 2.05) is 6.92 Å². The van der Waals surface area contributed by atoms with Crippen LogP contribution in [0.25, 0.3) is 11.1 Å². The topological polar surface area (TPSA) is 127 Å². The van der Waals surface area contributed by atoms with Gasteiger partial charge in [-0.05, 0) is 66.8 Å². The number of anilines is 2. The molecule has 0 saturated carbocycles. The van der Waals surface area contributed by atoms with Crippen molar-refractivity contribution in [2.75, 3.05) is 24.3 Å². The first-order chi connectivity index (χ1) is 17.2. The van der Waals surface area contributed by atoms with Crippen molar-refractivity contribution in [3.8, 4) is 11.1 Å². The number of aromatic nitrogens is 1. The molecule has 2 aromatic carbocycles. The lowest BCUT2D eigenvalue weighted by atomic mass is 9.99. The Hall–Kier alpha value is -3.89. The molecule has 1 aliphatic heterocycles. The molecular formula is C26H26F2N4O4. The minimum Gasteiger partial charge on any atom is -0.383 e. The first-order valence-corrected chi connectivity index (χ1v) is 11.4. The van der Waals surface area contributed by atoms with Gasteiger partial charge in [-0.15, -0.1) is 0 Å². The average molecular weight is 497 g/mol. The number of aliphatic hydroxyl groups excluding tert-OH is 1. The van der Waals surface area contributed by atoms with Gasteiger partial charge in [0.05, 0.1) is 5.56 Å². The number of carbonyl (C=O) groups is 2. The molecule has 36 heavy (non-hydrogen) atoms. The summed E-state index contributed by atoms with van der Waals surface area (Å²) >= 11 is 0. The molecule has 0 unspecified atom stereocenters. The molecule has 1 atom stereocenters. The van der Waals surface area contributed by atoms with E-state index in [-0.39, 0.29) is 28.9 Å². The Labute approximate surface area is 206 Å². The number of aryl methyl sites for hydroxylation is 1. The highest BCUT2D eigenvalue weighted by molar-refractivity contribution is 6.00. The second-order valence-corrected chi connectivity index (χ2v) is 8.64. The van der Waals surface area contributed by atoms with Crippen molar-refractivity contribution in [1.82, 2.24) is 10.3 Å². The van der Waals surface area contributed by atoms with E-state index in [1.54, 1.807) is 30.5 Å². The second kappa shape index (κ2) is 10.8. The van der Waals surface area contributed by atoms with Gasteiger partial charge in [-0.2, -0.15) is 0 Å². The van der Waals surface area contributed by atoms with E-state index in [1.165, 1.54) is 0 Å². The number of nitrogens with zero attached hydrogens (tertiary/aromatic N) is 1. The van der Waals surface area contributed by atoms with Gasteiger partial charge in [0.25, 0.3) is 11.8 Å². The number of amides is 2. The predicted molar refractivity (Wildman–Crippen MR) is 130 cm³/mol. The van der Waals surface area contributed by atoms with Gasteiger partial charge in [0.1, 0.15) is 17.5 Å². The summed E-state index contributed by atoms with van der Waals surface area (Å²) in [6.07, 6.45) is 1.26. The minimum atomic E-state index is -1.76. The summed E-state index contributed by atoms with van der Waals surface area (Å²) in [5.74, 6) is -2.82. The molecular weight excluding hydrogens is 470 g/mol. The number of nitrogen functional groups attached to an aromatic ring is 1. The number of hydrogen-bond acceptors (Lipinski definition) is 6. The zero-order valence-corrected chi connectivity index (χ0v) is 19.6. The average Bonchev–Trinajstić information content (AvgIpc) is 2.84. The summed E-state index contributed by atoms with van der Waals surface area (Å²) in [6.45, 7) is 3.00. The smallest absolute Gasteiger partial charge is 0.257 e. The lowest BCUT2D eigenvalue weighted by molar-refractivity contribution is -0.124. The zero-order valence-electron chi connectivity index (χ0n) is 19.6. The van der Waals surface area contributed by atoms with Crippen LogP contribution in [0.1, 0.15) is 40.4 Å². The summed E-state index contributed by atoms with van der Waals surface area (Å²) in [4.78, 5) is 29.4. The number of halogens is 2. The maximum absolute atomic E-state index is 13.4. The molecule has 1 fully saturated rings. The molecule has 1 saturated heterocycles. The van der Waals surface area contributed by atoms with Gasteiger partial charge in [-0.3, -0.25) is 9.59 Å². The third kappa shape index (κ3) is 5.84. The van der Waals surface area contributed by atoms with Crippen LogP contribution in [0.15, 0.2) is 48.7 Å². The summed E-state index contributed by atoms with van der Waals surface area (Å²) in [5.41, 5.74) is 8.58. The lowest BCUT2D eigenvalue weighted by Gasteiger charge is -2.23. The van der Waals surface area contributed by atoms with Gasteiger partial charge in [-0.1, -0.05) is 6.07 Å². The van der Waals surface area contributed by atoms with Crippen LogP contribution in [0.4, 0.5) is 20.3 Å². The number of hydrogen-bond donors (Lipinski definition) is 4. The number of ether oxygens (including phenoxy) is 1. The first kappa shape index (κ1) is 25.2. The monoisotopic (exact) mass is 496 g/mol. The van der Waals surface area contributed by atoms with E-state index in [2.05, 4.69) is 15.6 Å². The second-order valence-electron chi connectivity index (χ2n) is 8.64. The van der Waals surface area contributed by atoms with Crippen LogP contribution in [0, 0.1) is 18.6 Å². The Morgan fingerprint density at radius 2 is 1.81 bits per heavy atom. The Morgan fingerprint density at radius 3 is 2.47 bits per heavy atom. The van der Waals surface area contributed by atoms with Crippen molar-refractivity contribution >= 4 is 23.3 Å². The molecule has 8 nitrogen and oxygen atoms in total. The molecule has 0 spiro atoms. The van der Waals surface area contributed by atoms with E-state index < -0.39 is 23.6 Å². The highest BCUT2D eigenvalue weighted by Crippen LogP contribution is 2.28. The van der Waals surface area contributed by atoms with Crippen molar-refractivity contribution in [1.29, 1.82) is 0 Å². The van der Waals surface area contributed by atoms with Crippen LogP contribution >= 0.6 is 0 Å². The molecule has 0 bridgehead atoms. The number of nitrogens with two attached hydrogens (primary N) is 1. The lowest BCUT2D eigenvalue weighted by Crippen LogP contribution is -2.39. The standard InChI is InChI=1S/C26H26F2N4O4/c1-14-8-20(32-26(35)23(33)15-9-17(27)12-18(28)10-15)2-3-21(14)16-11-22(24(29)30-13-16)25(34)31-19-4-6-36-7-5-19/h2-3,8-13,19,23,33H,4-7H2,1H3,(H2,29,30)(H,31,34)(H,32,35)/t23-/m1/s1. The SMILES string of the molecule is Cc1cc(NC(=O)[C@H](O)c2cc(F)cc(F)c2)ccc1-c1cnc(N)c(C(=O)NC2CCOCC2)c1. The van der Waals surface area contributed by atoms with Crippen LogP contribution in [0.2, 0.25) is 0 Å². The number of aliphatic hydroxyl groups is 1. The largest absolute Gasteiger partial charge is 0.383 e. The third-order valence-electron chi connectivity index (χ3n) is 5.97. The molecule has 3 aromatic rings. The molecule has 0 radical (unpaired) electrons. The van der Waals surface area contributed by atoms with Crippen LogP contribution < -0.4 is 16.4 Å². The van der Waals surface area contributed by atoms with Crippen LogP contribution in [-0.2, 0) is 9.53 Å². The quantitative estimate of drug-likeness (QED) is 0.414. The van der Waals surface area contributed by atoms with Crippen molar-refractivity contribution < 1.29 is 28.2 Å². The van der Waals surface area contributed by atoms with Gasteiger partial charge in [0.2, 0.25) is 0 Å². The van der Waals surface area contributed by atoms with Gasteiger partial charge < -0.3 is 26.2 Å². The van der Waals surface area contributed by atoms with E-state index in [4.69, 9.17) is 10.5 Å². The van der Waals surface area contributed by atoms with Crippen LogP contribution in [0.5, 0.6) is 0 Å². The van der Waals surface area contributed by atoms with Crippen molar-refractivity contribution in [2.24, 2.45) is 0 Å². The zero-order chi connectivity index (χ0) is 25.8. The highest BCUT2D eigenvalue weighted by Gasteiger charge is 2.21. The Morgan fingerprint density at radius 1 is 1.11 bits per heavy atom. The Balaban J connectivity index is 1.50. The third-order valence-corrected chi connectivity index (χ3v) is 5.97. The Kier molecular flexibility index (Phi) is 7.56. The van der Waals surface area contributed by atoms with Gasteiger partial charge >= 0.3 is 0 Å². The Bertz CT molecular complexity index is 1270. The fourth-order valence-corrected chi connectivity index (χ4v) is 4.07. The number of nitrogens with one attached hydrogen (secondary N) is 2. The first-order valence-electron chi connectivity index (χ1n) is 11.4. The summed E-state index contributed by atoms with van der Waals surface area (Å²) in [5, 5.41) is 15.7. The molecule has 5 N–H and O–H groups in total. The molecule has 4 rings (SSSR count). The number of benzene rings is 2.